The highest BCUT2D eigenvalue weighted by molar-refractivity contribution is 4.88. The first-order chi connectivity index (χ1) is 8.89. The first kappa shape index (κ1) is 15.2. The van der Waals surface area contributed by atoms with Gasteiger partial charge in [-0.2, -0.15) is 0 Å². The Kier molecular flexibility index (Phi) is 4.88. The molecule has 0 radical (unpaired) electrons. The van der Waals surface area contributed by atoms with E-state index in [1.54, 1.807) is 0 Å². The topological polar surface area (TPSA) is 58.7 Å². The van der Waals surface area contributed by atoms with Gasteiger partial charge in [-0.1, -0.05) is 6.92 Å². The average molecular weight is 270 g/mol. The number of hydrogen-bond donors (Lipinski definition) is 2. The molecule has 0 aromatic heterocycles. The SMILES string of the molecule is CC1CCC(N)C(CN2CC(CO)OC(C)(C)C2)C1. The van der Waals surface area contributed by atoms with E-state index in [2.05, 4.69) is 25.7 Å². The van der Waals surface area contributed by atoms with Crippen LogP contribution in [-0.2, 0) is 4.74 Å². The minimum absolute atomic E-state index is 0.0546. The summed E-state index contributed by atoms with van der Waals surface area (Å²) >= 11 is 0. The Labute approximate surface area is 117 Å². The molecule has 3 N–H and O–H groups in total. The van der Waals surface area contributed by atoms with Crippen LogP contribution in [0.2, 0.25) is 0 Å². The molecule has 1 aliphatic heterocycles. The van der Waals surface area contributed by atoms with Crippen LogP contribution in [0.15, 0.2) is 0 Å². The summed E-state index contributed by atoms with van der Waals surface area (Å²) in [4.78, 5) is 2.44. The molecule has 1 aliphatic carbocycles. The van der Waals surface area contributed by atoms with Crippen LogP contribution in [0.5, 0.6) is 0 Å². The van der Waals surface area contributed by atoms with Crippen LogP contribution in [0.4, 0.5) is 0 Å². The van der Waals surface area contributed by atoms with Crippen molar-refractivity contribution in [1.29, 1.82) is 0 Å². The standard InChI is InChI=1S/C15H30N2O2/c1-11-4-5-14(16)12(6-11)7-17-8-13(9-18)19-15(2,3)10-17/h11-14,18H,4-10,16H2,1-3H3. The van der Waals surface area contributed by atoms with E-state index in [0.29, 0.717) is 12.0 Å². The summed E-state index contributed by atoms with van der Waals surface area (Å²) < 4.78 is 5.87. The highest BCUT2D eigenvalue weighted by Crippen LogP contribution is 2.30. The Morgan fingerprint density at radius 1 is 1.37 bits per heavy atom. The van der Waals surface area contributed by atoms with Gasteiger partial charge >= 0.3 is 0 Å². The molecule has 0 spiro atoms. The van der Waals surface area contributed by atoms with E-state index in [1.165, 1.54) is 12.8 Å². The predicted octanol–water partition coefficient (Wildman–Crippen LogP) is 1.22. The molecule has 2 aliphatic rings. The fourth-order valence-electron chi connectivity index (χ4n) is 3.71. The lowest BCUT2D eigenvalue weighted by Crippen LogP contribution is -2.56. The monoisotopic (exact) mass is 270 g/mol. The van der Waals surface area contributed by atoms with E-state index >= 15 is 0 Å². The van der Waals surface area contributed by atoms with Crippen LogP contribution in [0.25, 0.3) is 0 Å². The van der Waals surface area contributed by atoms with Gasteiger partial charge in [0, 0.05) is 25.7 Å². The van der Waals surface area contributed by atoms with Gasteiger partial charge in [-0.25, -0.2) is 0 Å². The van der Waals surface area contributed by atoms with E-state index in [9.17, 15) is 5.11 Å². The molecule has 19 heavy (non-hydrogen) atoms. The minimum Gasteiger partial charge on any atom is -0.394 e. The quantitative estimate of drug-likeness (QED) is 0.809. The number of aliphatic hydroxyl groups excluding tert-OH is 1. The largest absolute Gasteiger partial charge is 0.394 e. The third-order valence-corrected chi connectivity index (χ3v) is 4.55. The maximum Gasteiger partial charge on any atom is 0.0940 e. The number of aliphatic hydroxyl groups is 1. The fraction of sp³-hybridized carbons (Fsp3) is 1.00. The van der Waals surface area contributed by atoms with Gasteiger partial charge in [-0.05, 0) is 44.9 Å². The molecule has 4 heteroatoms. The van der Waals surface area contributed by atoms with E-state index in [-0.39, 0.29) is 18.3 Å². The number of rotatable bonds is 3. The van der Waals surface area contributed by atoms with Crippen molar-refractivity contribution in [2.24, 2.45) is 17.6 Å². The van der Waals surface area contributed by atoms with Crippen molar-refractivity contribution in [2.45, 2.75) is 57.8 Å². The molecule has 2 rings (SSSR count). The molecule has 2 fully saturated rings. The molecule has 1 heterocycles. The first-order valence-corrected chi connectivity index (χ1v) is 7.66. The Balaban J connectivity index is 1.93. The molecule has 0 bridgehead atoms. The van der Waals surface area contributed by atoms with Crippen LogP contribution < -0.4 is 5.73 Å². The number of morpholine rings is 1. The lowest BCUT2D eigenvalue weighted by molar-refractivity contribution is -0.151. The van der Waals surface area contributed by atoms with E-state index in [4.69, 9.17) is 10.5 Å². The van der Waals surface area contributed by atoms with Crippen LogP contribution in [-0.4, -0.2) is 54.0 Å². The Morgan fingerprint density at radius 3 is 2.79 bits per heavy atom. The maximum atomic E-state index is 9.36. The van der Waals surface area contributed by atoms with Crippen molar-refractivity contribution >= 4 is 0 Å². The molecule has 4 nitrogen and oxygen atoms in total. The summed E-state index contributed by atoms with van der Waals surface area (Å²) in [5.74, 6) is 1.39. The van der Waals surface area contributed by atoms with Gasteiger partial charge < -0.3 is 15.6 Å². The summed E-state index contributed by atoms with van der Waals surface area (Å²) in [7, 11) is 0. The van der Waals surface area contributed by atoms with Crippen molar-refractivity contribution in [1.82, 2.24) is 4.90 Å². The molecule has 0 aromatic carbocycles. The Morgan fingerprint density at radius 2 is 2.11 bits per heavy atom. The van der Waals surface area contributed by atoms with Crippen LogP contribution >= 0.6 is 0 Å². The second-order valence-electron chi connectivity index (χ2n) is 7.22. The second kappa shape index (κ2) is 6.08. The minimum atomic E-state index is -0.171. The molecule has 1 saturated carbocycles. The van der Waals surface area contributed by atoms with Gasteiger partial charge in [0.25, 0.3) is 0 Å². The summed E-state index contributed by atoms with van der Waals surface area (Å²) in [5, 5.41) is 9.36. The highest BCUT2D eigenvalue weighted by atomic mass is 16.5. The highest BCUT2D eigenvalue weighted by Gasteiger charge is 2.35. The summed E-state index contributed by atoms with van der Waals surface area (Å²) in [5.41, 5.74) is 6.12. The second-order valence-corrected chi connectivity index (χ2v) is 7.22. The molecule has 112 valence electrons. The average Bonchev–Trinajstić information content (AvgIpc) is 2.32. The zero-order chi connectivity index (χ0) is 14.0. The number of ether oxygens (including phenoxy) is 1. The fourth-order valence-corrected chi connectivity index (χ4v) is 3.71. The number of hydrogen-bond acceptors (Lipinski definition) is 4. The van der Waals surface area contributed by atoms with Gasteiger partial charge in [0.05, 0.1) is 18.3 Å². The van der Waals surface area contributed by atoms with Gasteiger partial charge in [0.1, 0.15) is 0 Å². The Hall–Kier alpha value is -0.160. The lowest BCUT2D eigenvalue weighted by atomic mass is 9.79. The van der Waals surface area contributed by atoms with E-state index in [0.717, 1.165) is 32.0 Å². The Bertz CT molecular complexity index is 296. The molecular weight excluding hydrogens is 240 g/mol. The van der Waals surface area contributed by atoms with Crippen molar-refractivity contribution in [2.75, 3.05) is 26.2 Å². The molecule has 4 atom stereocenters. The first-order valence-electron chi connectivity index (χ1n) is 7.66. The van der Waals surface area contributed by atoms with Crippen LogP contribution in [0, 0.1) is 11.8 Å². The van der Waals surface area contributed by atoms with Crippen molar-refractivity contribution < 1.29 is 9.84 Å². The van der Waals surface area contributed by atoms with Crippen molar-refractivity contribution in [3.05, 3.63) is 0 Å². The third-order valence-electron chi connectivity index (χ3n) is 4.55. The zero-order valence-electron chi connectivity index (χ0n) is 12.6. The smallest absolute Gasteiger partial charge is 0.0940 e. The normalized spacial score (nSPS) is 40.3. The number of nitrogens with two attached hydrogens (primary N) is 1. The maximum absolute atomic E-state index is 9.36. The molecule has 4 unspecified atom stereocenters. The third kappa shape index (κ3) is 4.15. The van der Waals surface area contributed by atoms with E-state index < -0.39 is 0 Å². The van der Waals surface area contributed by atoms with Gasteiger partial charge in [-0.3, -0.25) is 4.90 Å². The molecule has 1 saturated heterocycles. The van der Waals surface area contributed by atoms with Crippen molar-refractivity contribution in [3.8, 4) is 0 Å². The summed E-state index contributed by atoms with van der Waals surface area (Å²) in [6.45, 7) is 9.45. The van der Waals surface area contributed by atoms with Gasteiger partial charge in [0.15, 0.2) is 0 Å². The van der Waals surface area contributed by atoms with Crippen LogP contribution in [0.3, 0.4) is 0 Å². The van der Waals surface area contributed by atoms with E-state index in [1.807, 2.05) is 0 Å². The molecular formula is C15H30N2O2. The van der Waals surface area contributed by atoms with Crippen LogP contribution in [0.1, 0.15) is 40.0 Å². The summed E-state index contributed by atoms with van der Waals surface area (Å²) in [6, 6.07) is 0.342. The van der Waals surface area contributed by atoms with Gasteiger partial charge in [-0.15, -0.1) is 0 Å². The van der Waals surface area contributed by atoms with Crippen molar-refractivity contribution in [3.63, 3.8) is 0 Å². The summed E-state index contributed by atoms with van der Waals surface area (Å²) in [6.07, 6.45) is 3.61. The van der Waals surface area contributed by atoms with Gasteiger partial charge in [0.2, 0.25) is 0 Å². The molecule has 0 amide bonds. The lowest BCUT2D eigenvalue weighted by Gasteiger charge is -2.45. The molecule has 0 aromatic rings. The predicted molar refractivity (Wildman–Crippen MR) is 77.0 cm³/mol. The number of nitrogens with zero attached hydrogens (tertiary/aromatic N) is 1. The zero-order valence-corrected chi connectivity index (χ0v) is 12.6.